The number of benzene rings is 2. The first kappa shape index (κ1) is 16.5. The Labute approximate surface area is 137 Å². The van der Waals surface area contributed by atoms with Crippen LogP contribution in [0.25, 0.3) is 0 Å². The van der Waals surface area contributed by atoms with Gasteiger partial charge in [0.05, 0.1) is 11.0 Å². The molecule has 2 aromatic rings. The van der Waals surface area contributed by atoms with E-state index in [4.69, 9.17) is 5.73 Å². The van der Waals surface area contributed by atoms with Gasteiger partial charge >= 0.3 is 6.18 Å². The van der Waals surface area contributed by atoms with E-state index in [-0.39, 0.29) is 18.1 Å². The van der Waals surface area contributed by atoms with Crippen LogP contribution in [0.5, 0.6) is 0 Å². The summed E-state index contributed by atoms with van der Waals surface area (Å²) in [6.07, 6.45) is -3.11. The van der Waals surface area contributed by atoms with Gasteiger partial charge in [0.1, 0.15) is 0 Å². The summed E-state index contributed by atoms with van der Waals surface area (Å²) < 4.78 is 38.9. The third kappa shape index (κ3) is 3.14. The van der Waals surface area contributed by atoms with Gasteiger partial charge in [-0.2, -0.15) is 13.2 Å². The maximum absolute atomic E-state index is 13.0. The smallest absolute Gasteiger partial charge is 0.326 e. The van der Waals surface area contributed by atoms with E-state index in [1.54, 1.807) is 0 Å². The van der Waals surface area contributed by atoms with Gasteiger partial charge in [-0.25, -0.2) is 0 Å². The van der Waals surface area contributed by atoms with Gasteiger partial charge in [0.25, 0.3) is 0 Å². The standard InChI is InChI=1S/C18H17F3N2O/c19-18(20,21)14-8-12(11-22)9-15(10-14)23-16(24)17(6-7-17)13-4-2-1-3-5-13/h1-5,8-10H,6-7,11,22H2,(H,23,24). The molecule has 0 heterocycles. The number of amides is 1. The van der Waals surface area contributed by atoms with Gasteiger partial charge in [0.2, 0.25) is 5.91 Å². The Balaban J connectivity index is 1.87. The highest BCUT2D eigenvalue weighted by molar-refractivity contribution is 6.01. The molecule has 0 saturated heterocycles. The summed E-state index contributed by atoms with van der Waals surface area (Å²) in [6, 6.07) is 12.7. The van der Waals surface area contributed by atoms with E-state index in [1.807, 2.05) is 30.3 Å². The summed E-state index contributed by atoms with van der Waals surface area (Å²) in [4.78, 5) is 12.6. The Bertz CT molecular complexity index is 753. The number of carbonyl (C=O) groups excluding carboxylic acids is 1. The van der Waals surface area contributed by atoms with Crippen LogP contribution in [-0.4, -0.2) is 5.91 Å². The Morgan fingerprint density at radius 1 is 1.12 bits per heavy atom. The lowest BCUT2D eigenvalue weighted by Crippen LogP contribution is -2.28. The highest BCUT2D eigenvalue weighted by Gasteiger charge is 2.51. The molecule has 3 N–H and O–H groups in total. The van der Waals surface area contributed by atoms with Gasteiger partial charge in [-0.05, 0) is 42.2 Å². The molecule has 0 atom stereocenters. The van der Waals surface area contributed by atoms with E-state index >= 15 is 0 Å². The number of hydrogen-bond acceptors (Lipinski definition) is 2. The van der Waals surface area contributed by atoms with Gasteiger partial charge < -0.3 is 11.1 Å². The van der Waals surface area contributed by atoms with Crippen molar-refractivity contribution in [1.82, 2.24) is 0 Å². The van der Waals surface area contributed by atoms with Crippen molar-refractivity contribution < 1.29 is 18.0 Å². The molecule has 126 valence electrons. The largest absolute Gasteiger partial charge is 0.416 e. The van der Waals surface area contributed by atoms with Crippen LogP contribution in [0.3, 0.4) is 0 Å². The predicted octanol–water partition coefficient (Wildman–Crippen LogP) is 3.83. The summed E-state index contributed by atoms with van der Waals surface area (Å²) in [6.45, 7) is -0.0311. The molecule has 1 aliphatic rings. The molecule has 0 unspecified atom stereocenters. The number of carbonyl (C=O) groups is 1. The van der Waals surface area contributed by atoms with Crippen LogP contribution in [-0.2, 0) is 22.9 Å². The minimum absolute atomic E-state index is 0.0311. The normalized spacial score (nSPS) is 15.8. The summed E-state index contributed by atoms with van der Waals surface area (Å²) >= 11 is 0. The van der Waals surface area contributed by atoms with Crippen LogP contribution in [0.15, 0.2) is 48.5 Å². The molecule has 0 aliphatic heterocycles. The second-order valence-electron chi connectivity index (χ2n) is 6.02. The van der Waals surface area contributed by atoms with E-state index in [0.29, 0.717) is 18.4 Å². The van der Waals surface area contributed by atoms with Crippen LogP contribution < -0.4 is 11.1 Å². The molecule has 1 amide bonds. The van der Waals surface area contributed by atoms with Crippen molar-refractivity contribution in [3.8, 4) is 0 Å². The molecule has 24 heavy (non-hydrogen) atoms. The average molecular weight is 334 g/mol. The first-order valence-corrected chi connectivity index (χ1v) is 7.63. The quantitative estimate of drug-likeness (QED) is 0.893. The first-order chi connectivity index (χ1) is 11.3. The number of hydrogen-bond donors (Lipinski definition) is 2. The lowest BCUT2D eigenvalue weighted by atomic mass is 9.95. The van der Waals surface area contributed by atoms with E-state index in [1.165, 1.54) is 6.07 Å². The molecule has 1 fully saturated rings. The van der Waals surface area contributed by atoms with Gasteiger partial charge in [-0.15, -0.1) is 0 Å². The minimum Gasteiger partial charge on any atom is -0.326 e. The average Bonchev–Trinajstić information content (AvgIpc) is 3.36. The van der Waals surface area contributed by atoms with E-state index < -0.39 is 17.2 Å². The number of halogens is 3. The molecule has 3 nitrogen and oxygen atoms in total. The molecule has 1 aliphatic carbocycles. The SMILES string of the molecule is NCc1cc(NC(=O)C2(c3ccccc3)CC2)cc(C(F)(F)F)c1. The number of anilines is 1. The zero-order valence-electron chi connectivity index (χ0n) is 12.9. The number of alkyl halides is 3. The Morgan fingerprint density at radius 2 is 1.79 bits per heavy atom. The summed E-state index contributed by atoms with van der Waals surface area (Å²) in [5, 5.41) is 2.64. The lowest BCUT2D eigenvalue weighted by Gasteiger charge is -2.17. The molecule has 3 rings (SSSR count). The third-order valence-corrected chi connectivity index (χ3v) is 4.32. The third-order valence-electron chi connectivity index (χ3n) is 4.32. The van der Waals surface area contributed by atoms with Crippen molar-refractivity contribution in [2.75, 3.05) is 5.32 Å². The van der Waals surface area contributed by atoms with E-state index in [2.05, 4.69) is 5.32 Å². The van der Waals surface area contributed by atoms with Crippen molar-refractivity contribution in [2.24, 2.45) is 5.73 Å². The molecule has 0 radical (unpaired) electrons. The van der Waals surface area contributed by atoms with Gasteiger partial charge in [-0.1, -0.05) is 30.3 Å². The van der Waals surface area contributed by atoms with Crippen molar-refractivity contribution in [3.05, 3.63) is 65.2 Å². The Morgan fingerprint density at radius 3 is 2.33 bits per heavy atom. The van der Waals surface area contributed by atoms with Crippen LogP contribution >= 0.6 is 0 Å². The predicted molar refractivity (Wildman–Crippen MR) is 85.3 cm³/mol. The highest BCUT2D eigenvalue weighted by atomic mass is 19.4. The minimum atomic E-state index is -4.48. The second-order valence-corrected chi connectivity index (χ2v) is 6.02. The zero-order valence-corrected chi connectivity index (χ0v) is 12.9. The highest BCUT2D eigenvalue weighted by Crippen LogP contribution is 2.49. The van der Waals surface area contributed by atoms with Crippen molar-refractivity contribution >= 4 is 11.6 Å². The summed E-state index contributed by atoms with van der Waals surface area (Å²) in [5.41, 5.74) is 5.35. The van der Waals surface area contributed by atoms with Crippen LogP contribution in [0.4, 0.5) is 18.9 Å². The fourth-order valence-corrected chi connectivity index (χ4v) is 2.83. The lowest BCUT2D eigenvalue weighted by molar-refractivity contribution is -0.137. The van der Waals surface area contributed by atoms with Crippen molar-refractivity contribution in [2.45, 2.75) is 31.0 Å². The number of nitrogens with one attached hydrogen (secondary N) is 1. The van der Waals surface area contributed by atoms with E-state index in [0.717, 1.165) is 17.7 Å². The monoisotopic (exact) mass is 334 g/mol. The van der Waals surface area contributed by atoms with E-state index in [9.17, 15) is 18.0 Å². The van der Waals surface area contributed by atoms with Crippen molar-refractivity contribution in [1.29, 1.82) is 0 Å². The molecule has 0 aromatic heterocycles. The molecule has 0 bridgehead atoms. The molecule has 6 heteroatoms. The Hall–Kier alpha value is -2.34. The van der Waals surface area contributed by atoms with Gasteiger partial charge in [-0.3, -0.25) is 4.79 Å². The first-order valence-electron chi connectivity index (χ1n) is 7.63. The fourth-order valence-electron chi connectivity index (χ4n) is 2.83. The maximum atomic E-state index is 13.0. The van der Waals surface area contributed by atoms with Crippen molar-refractivity contribution in [3.63, 3.8) is 0 Å². The van der Waals surface area contributed by atoms with Crippen LogP contribution in [0.2, 0.25) is 0 Å². The summed E-state index contributed by atoms with van der Waals surface area (Å²) in [5.74, 6) is -0.281. The molecular formula is C18H17F3N2O. The van der Waals surface area contributed by atoms with Gasteiger partial charge in [0.15, 0.2) is 0 Å². The number of rotatable bonds is 4. The summed E-state index contributed by atoms with van der Waals surface area (Å²) in [7, 11) is 0. The zero-order chi connectivity index (χ0) is 17.4. The fraction of sp³-hybridized carbons (Fsp3) is 0.278. The molecule has 1 saturated carbocycles. The van der Waals surface area contributed by atoms with Crippen LogP contribution in [0.1, 0.15) is 29.5 Å². The number of nitrogens with two attached hydrogens (primary N) is 1. The molecule has 0 spiro atoms. The second kappa shape index (κ2) is 5.94. The molecule has 2 aromatic carbocycles. The maximum Gasteiger partial charge on any atom is 0.416 e. The Kier molecular flexibility index (Phi) is 4.09. The van der Waals surface area contributed by atoms with Gasteiger partial charge in [0, 0.05) is 12.2 Å². The van der Waals surface area contributed by atoms with Crippen LogP contribution in [0, 0.1) is 0 Å². The topological polar surface area (TPSA) is 55.1 Å². The molecular weight excluding hydrogens is 317 g/mol.